The fourth-order valence-electron chi connectivity index (χ4n) is 2.21. The largest absolute Gasteiger partial charge is 0.379 e. The lowest BCUT2D eigenvalue weighted by molar-refractivity contribution is 0.712. The van der Waals surface area contributed by atoms with Gasteiger partial charge in [0, 0.05) is 12.7 Å². The van der Waals surface area contributed by atoms with E-state index in [2.05, 4.69) is 64.5 Å². The van der Waals surface area contributed by atoms with Crippen LogP contribution in [-0.4, -0.2) is 9.78 Å². The molecule has 0 spiro atoms. The minimum absolute atomic E-state index is 0.514. The van der Waals surface area contributed by atoms with Crippen molar-refractivity contribution in [3.05, 3.63) is 45.7 Å². The summed E-state index contributed by atoms with van der Waals surface area (Å²) in [6, 6.07) is 8.46. The van der Waals surface area contributed by atoms with Crippen LogP contribution in [0.5, 0.6) is 0 Å². The molecule has 1 aromatic heterocycles. The van der Waals surface area contributed by atoms with Crippen LogP contribution >= 0.6 is 15.9 Å². The smallest absolute Gasteiger partial charge is 0.0739 e. The first kappa shape index (κ1) is 14.1. The van der Waals surface area contributed by atoms with Crippen LogP contribution in [0.2, 0.25) is 0 Å². The number of aromatic nitrogens is 2. The second kappa shape index (κ2) is 5.78. The van der Waals surface area contributed by atoms with Crippen molar-refractivity contribution in [3.63, 3.8) is 0 Å². The Kier molecular flexibility index (Phi) is 4.30. The van der Waals surface area contributed by atoms with Gasteiger partial charge in [-0.2, -0.15) is 5.10 Å². The molecule has 0 unspecified atom stereocenters. The Bertz CT molecular complexity index is 573. The molecule has 0 radical (unpaired) electrons. The summed E-state index contributed by atoms with van der Waals surface area (Å²) < 4.78 is 3.01. The minimum atomic E-state index is 0.514. The highest BCUT2D eigenvalue weighted by atomic mass is 79.9. The van der Waals surface area contributed by atoms with Crippen molar-refractivity contribution in [2.45, 2.75) is 33.2 Å². The molecule has 0 aliphatic heterocycles. The third kappa shape index (κ3) is 3.00. The molecule has 2 aromatic rings. The zero-order valence-corrected chi connectivity index (χ0v) is 13.5. The van der Waals surface area contributed by atoms with Gasteiger partial charge < -0.3 is 5.32 Å². The van der Waals surface area contributed by atoms with Gasteiger partial charge in [0.05, 0.1) is 22.4 Å². The number of hydrogen-bond acceptors (Lipinski definition) is 2. The first-order valence-corrected chi connectivity index (χ1v) is 7.30. The van der Waals surface area contributed by atoms with Crippen LogP contribution in [-0.2, 0) is 13.6 Å². The summed E-state index contributed by atoms with van der Waals surface area (Å²) in [7, 11) is 1.98. The van der Waals surface area contributed by atoms with E-state index in [0.29, 0.717) is 5.92 Å². The maximum Gasteiger partial charge on any atom is 0.0739 e. The quantitative estimate of drug-likeness (QED) is 0.913. The molecule has 2 rings (SSSR count). The normalized spacial score (nSPS) is 11.1. The number of rotatable bonds is 4. The molecule has 3 nitrogen and oxygen atoms in total. The number of para-hydroxylation sites is 1. The predicted molar refractivity (Wildman–Crippen MR) is 83.5 cm³/mol. The molecule has 102 valence electrons. The van der Waals surface area contributed by atoms with Crippen LogP contribution in [0, 0.1) is 6.92 Å². The summed E-state index contributed by atoms with van der Waals surface area (Å²) in [5, 5.41) is 7.93. The molecule has 0 aliphatic carbocycles. The van der Waals surface area contributed by atoms with Gasteiger partial charge in [0.15, 0.2) is 0 Å². The third-order valence-corrected chi connectivity index (χ3v) is 4.32. The monoisotopic (exact) mass is 321 g/mol. The number of anilines is 1. The molecule has 19 heavy (non-hydrogen) atoms. The van der Waals surface area contributed by atoms with Gasteiger partial charge in [-0.3, -0.25) is 4.68 Å². The van der Waals surface area contributed by atoms with Gasteiger partial charge in [0.2, 0.25) is 0 Å². The molecule has 4 heteroatoms. The second-order valence-corrected chi connectivity index (χ2v) is 5.86. The van der Waals surface area contributed by atoms with E-state index in [4.69, 9.17) is 0 Å². The van der Waals surface area contributed by atoms with Crippen molar-refractivity contribution >= 4 is 21.6 Å². The Morgan fingerprint density at radius 3 is 2.58 bits per heavy atom. The van der Waals surface area contributed by atoms with Gasteiger partial charge in [-0.05, 0) is 40.4 Å². The van der Waals surface area contributed by atoms with E-state index in [1.54, 1.807) is 0 Å². The predicted octanol–water partition coefficient (Wildman–Crippen LogP) is 4.23. The Hall–Kier alpha value is -1.29. The van der Waals surface area contributed by atoms with Crippen LogP contribution in [0.25, 0.3) is 0 Å². The zero-order valence-electron chi connectivity index (χ0n) is 11.9. The van der Waals surface area contributed by atoms with E-state index in [0.717, 1.165) is 22.4 Å². The lowest BCUT2D eigenvalue weighted by Crippen LogP contribution is -2.08. The maximum absolute atomic E-state index is 4.41. The SMILES string of the molecule is Cc1nn(C)c(CNc2ccccc2C(C)C)c1Br. The minimum Gasteiger partial charge on any atom is -0.379 e. The highest BCUT2D eigenvalue weighted by molar-refractivity contribution is 9.10. The first-order chi connectivity index (χ1) is 9.00. The second-order valence-electron chi connectivity index (χ2n) is 5.07. The lowest BCUT2D eigenvalue weighted by atomic mass is 10.0. The summed E-state index contributed by atoms with van der Waals surface area (Å²) in [6.07, 6.45) is 0. The fourth-order valence-corrected chi connectivity index (χ4v) is 2.69. The first-order valence-electron chi connectivity index (χ1n) is 6.51. The highest BCUT2D eigenvalue weighted by Gasteiger charge is 2.11. The molecular weight excluding hydrogens is 302 g/mol. The molecule has 0 amide bonds. The van der Waals surface area contributed by atoms with Crippen molar-refractivity contribution in [3.8, 4) is 0 Å². The van der Waals surface area contributed by atoms with Crippen molar-refractivity contribution in [2.24, 2.45) is 7.05 Å². The van der Waals surface area contributed by atoms with Crippen LogP contribution in [0.4, 0.5) is 5.69 Å². The fraction of sp³-hybridized carbons (Fsp3) is 0.400. The van der Waals surface area contributed by atoms with Gasteiger partial charge in [0.25, 0.3) is 0 Å². The average molecular weight is 322 g/mol. The van der Waals surface area contributed by atoms with Gasteiger partial charge in [-0.25, -0.2) is 0 Å². The molecule has 0 aliphatic rings. The van der Waals surface area contributed by atoms with E-state index >= 15 is 0 Å². The third-order valence-electron chi connectivity index (χ3n) is 3.29. The Morgan fingerprint density at radius 1 is 1.32 bits per heavy atom. The topological polar surface area (TPSA) is 29.9 Å². The lowest BCUT2D eigenvalue weighted by Gasteiger charge is -2.14. The molecule has 1 heterocycles. The van der Waals surface area contributed by atoms with E-state index in [9.17, 15) is 0 Å². The molecular formula is C15H20BrN3. The van der Waals surface area contributed by atoms with Crippen molar-refractivity contribution in [1.82, 2.24) is 9.78 Å². The van der Waals surface area contributed by atoms with Crippen LogP contribution in [0.3, 0.4) is 0 Å². The number of benzene rings is 1. The van der Waals surface area contributed by atoms with Crippen molar-refractivity contribution in [2.75, 3.05) is 5.32 Å². The maximum atomic E-state index is 4.41. The van der Waals surface area contributed by atoms with Gasteiger partial charge in [0.1, 0.15) is 0 Å². The standard InChI is InChI=1S/C15H20BrN3/c1-10(2)12-7-5-6-8-13(12)17-9-14-15(16)11(3)18-19(14)4/h5-8,10,17H,9H2,1-4H3. The van der Waals surface area contributed by atoms with Crippen molar-refractivity contribution < 1.29 is 0 Å². The highest BCUT2D eigenvalue weighted by Crippen LogP contribution is 2.26. The van der Waals surface area contributed by atoms with Gasteiger partial charge >= 0.3 is 0 Å². The van der Waals surface area contributed by atoms with Crippen LogP contribution in [0.15, 0.2) is 28.7 Å². The van der Waals surface area contributed by atoms with Crippen LogP contribution in [0.1, 0.15) is 36.7 Å². The Labute approximate surface area is 123 Å². The zero-order chi connectivity index (χ0) is 14.0. The molecule has 0 bridgehead atoms. The summed E-state index contributed by atoms with van der Waals surface area (Å²) in [5.74, 6) is 0.514. The number of halogens is 1. The van der Waals surface area contributed by atoms with Crippen LogP contribution < -0.4 is 5.32 Å². The number of aryl methyl sites for hydroxylation is 2. The number of nitrogens with zero attached hydrogens (tertiary/aromatic N) is 2. The van der Waals surface area contributed by atoms with E-state index < -0.39 is 0 Å². The van der Waals surface area contributed by atoms with E-state index in [-0.39, 0.29) is 0 Å². The molecule has 1 N–H and O–H groups in total. The summed E-state index contributed by atoms with van der Waals surface area (Å²) in [5.41, 5.74) is 4.73. The molecule has 0 saturated heterocycles. The summed E-state index contributed by atoms with van der Waals surface area (Å²) in [4.78, 5) is 0. The molecule has 0 saturated carbocycles. The summed E-state index contributed by atoms with van der Waals surface area (Å²) >= 11 is 3.60. The molecule has 1 aromatic carbocycles. The Morgan fingerprint density at radius 2 is 2.00 bits per heavy atom. The van der Waals surface area contributed by atoms with E-state index in [1.165, 1.54) is 11.3 Å². The summed E-state index contributed by atoms with van der Waals surface area (Å²) in [6.45, 7) is 7.20. The van der Waals surface area contributed by atoms with Crippen molar-refractivity contribution in [1.29, 1.82) is 0 Å². The average Bonchev–Trinajstić information content (AvgIpc) is 2.61. The Balaban J connectivity index is 2.19. The molecule has 0 atom stereocenters. The molecule has 0 fully saturated rings. The van der Waals surface area contributed by atoms with E-state index in [1.807, 2.05) is 18.7 Å². The van der Waals surface area contributed by atoms with Gasteiger partial charge in [-0.1, -0.05) is 32.0 Å². The number of nitrogens with one attached hydrogen (secondary N) is 1. The number of hydrogen-bond donors (Lipinski definition) is 1. The van der Waals surface area contributed by atoms with Gasteiger partial charge in [-0.15, -0.1) is 0 Å².